The van der Waals surface area contributed by atoms with E-state index in [2.05, 4.69) is 4.90 Å². The Hall–Kier alpha value is -0.900. The summed E-state index contributed by atoms with van der Waals surface area (Å²) in [6, 6.07) is 0. The molecule has 0 amide bonds. The number of piperidine rings is 3. The molecular weight excluding hydrogens is 182 g/mol. The third-order valence-electron chi connectivity index (χ3n) is 3.62. The summed E-state index contributed by atoms with van der Waals surface area (Å²) < 4.78 is 0. The number of carbonyl (C=O) groups excluding carboxylic acids is 1. The lowest BCUT2D eigenvalue weighted by Gasteiger charge is -2.47. The number of hydrogen-bond donors (Lipinski definition) is 1. The molecule has 4 nitrogen and oxygen atoms in total. The van der Waals surface area contributed by atoms with Crippen molar-refractivity contribution in [2.75, 3.05) is 19.6 Å². The first-order valence-corrected chi connectivity index (χ1v) is 5.10. The van der Waals surface area contributed by atoms with E-state index >= 15 is 0 Å². The second kappa shape index (κ2) is 3.35. The summed E-state index contributed by atoms with van der Waals surface area (Å²) in [5, 5.41) is 8.61. The topological polar surface area (TPSA) is 57.6 Å². The number of fused-ring (bicyclic) bond motifs is 3. The molecule has 14 heavy (non-hydrogen) atoms. The normalized spacial score (nSPS) is 35.6. The highest BCUT2D eigenvalue weighted by atomic mass is 16.4. The van der Waals surface area contributed by atoms with Crippen molar-refractivity contribution in [2.24, 2.45) is 5.41 Å². The third-order valence-corrected chi connectivity index (χ3v) is 3.62. The second-order valence-electron chi connectivity index (χ2n) is 4.37. The molecule has 0 atom stereocenters. The SMILES string of the molecule is O=C(O)CC(=O)C12CCN(CC1)CC2. The minimum Gasteiger partial charge on any atom is -0.481 e. The zero-order valence-electron chi connectivity index (χ0n) is 8.16. The molecule has 3 saturated heterocycles. The van der Waals surface area contributed by atoms with E-state index in [-0.39, 0.29) is 17.6 Å². The minimum absolute atomic E-state index is 0.0515. The van der Waals surface area contributed by atoms with Crippen LogP contribution in [0.15, 0.2) is 0 Å². The van der Waals surface area contributed by atoms with Crippen LogP contribution in [0.3, 0.4) is 0 Å². The van der Waals surface area contributed by atoms with Crippen LogP contribution < -0.4 is 0 Å². The van der Waals surface area contributed by atoms with Gasteiger partial charge in [-0.15, -0.1) is 0 Å². The van der Waals surface area contributed by atoms with Crippen molar-refractivity contribution in [1.29, 1.82) is 0 Å². The first-order chi connectivity index (χ1) is 6.62. The fourth-order valence-corrected chi connectivity index (χ4v) is 2.57. The van der Waals surface area contributed by atoms with Gasteiger partial charge in [0.1, 0.15) is 12.2 Å². The number of carboxylic acids is 1. The summed E-state index contributed by atoms with van der Waals surface area (Å²) in [5.41, 5.74) is -0.285. The quantitative estimate of drug-likeness (QED) is 0.670. The third kappa shape index (κ3) is 1.54. The molecule has 1 N–H and O–H groups in total. The second-order valence-corrected chi connectivity index (χ2v) is 4.37. The summed E-state index contributed by atoms with van der Waals surface area (Å²) in [6.45, 7) is 2.89. The lowest BCUT2D eigenvalue weighted by Crippen LogP contribution is -2.52. The molecule has 3 aliphatic rings. The van der Waals surface area contributed by atoms with Crippen LogP contribution in [0.4, 0.5) is 0 Å². The number of hydrogen-bond acceptors (Lipinski definition) is 3. The van der Waals surface area contributed by atoms with Gasteiger partial charge in [-0.1, -0.05) is 0 Å². The Kier molecular flexibility index (Phi) is 2.31. The van der Waals surface area contributed by atoms with Gasteiger partial charge in [-0.25, -0.2) is 0 Å². The molecule has 3 fully saturated rings. The Morgan fingerprint density at radius 3 is 2.07 bits per heavy atom. The number of carboxylic acid groups (broad SMARTS) is 1. The van der Waals surface area contributed by atoms with Crippen LogP contribution in [-0.4, -0.2) is 41.4 Å². The van der Waals surface area contributed by atoms with Crippen molar-refractivity contribution < 1.29 is 14.7 Å². The molecule has 0 aliphatic carbocycles. The number of carbonyl (C=O) groups is 2. The van der Waals surface area contributed by atoms with Crippen LogP contribution in [0.25, 0.3) is 0 Å². The maximum atomic E-state index is 11.8. The highest BCUT2D eigenvalue weighted by Gasteiger charge is 2.44. The zero-order chi connectivity index (χ0) is 10.2. The minimum atomic E-state index is -0.989. The Balaban J connectivity index is 2.07. The molecule has 0 unspecified atom stereocenters. The molecule has 0 aromatic heterocycles. The van der Waals surface area contributed by atoms with Gasteiger partial charge in [-0.3, -0.25) is 9.59 Å². The van der Waals surface area contributed by atoms with Gasteiger partial charge in [0.15, 0.2) is 0 Å². The van der Waals surface area contributed by atoms with Gasteiger partial charge in [-0.05, 0) is 38.9 Å². The van der Waals surface area contributed by atoms with Crippen molar-refractivity contribution in [3.8, 4) is 0 Å². The number of rotatable bonds is 3. The van der Waals surface area contributed by atoms with Crippen LogP contribution in [0.1, 0.15) is 25.7 Å². The smallest absolute Gasteiger partial charge is 0.310 e. The molecule has 0 spiro atoms. The van der Waals surface area contributed by atoms with Crippen molar-refractivity contribution in [2.45, 2.75) is 25.7 Å². The van der Waals surface area contributed by atoms with E-state index in [0.29, 0.717) is 0 Å². The van der Waals surface area contributed by atoms with Gasteiger partial charge in [-0.2, -0.15) is 0 Å². The molecule has 4 heteroatoms. The summed E-state index contributed by atoms with van der Waals surface area (Å²) in [4.78, 5) is 24.6. The van der Waals surface area contributed by atoms with Crippen molar-refractivity contribution in [3.05, 3.63) is 0 Å². The molecule has 0 aromatic rings. The molecule has 3 aliphatic heterocycles. The highest BCUT2D eigenvalue weighted by molar-refractivity contribution is 5.98. The van der Waals surface area contributed by atoms with Crippen LogP contribution in [0.5, 0.6) is 0 Å². The van der Waals surface area contributed by atoms with Crippen LogP contribution in [0.2, 0.25) is 0 Å². The molecule has 78 valence electrons. The predicted octanol–water partition coefficient (Wildman–Crippen LogP) is 0.516. The predicted molar refractivity (Wildman–Crippen MR) is 50.0 cm³/mol. The van der Waals surface area contributed by atoms with E-state index < -0.39 is 5.97 Å². The summed E-state index contributed by atoms with van der Waals surface area (Å²) in [6.07, 6.45) is 2.29. The zero-order valence-corrected chi connectivity index (χ0v) is 8.16. The molecular formula is C10H15NO3. The fourth-order valence-electron chi connectivity index (χ4n) is 2.57. The number of Topliss-reactive ketones (excluding diaryl/α,β-unsaturated/α-hetero) is 1. The Bertz CT molecular complexity index is 253. The van der Waals surface area contributed by atoms with E-state index in [1.807, 2.05) is 0 Å². The lowest BCUT2D eigenvalue weighted by molar-refractivity contribution is -0.146. The molecule has 0 saturated carbocycles. The molecule has 0 aromatic carbocycles. The van der Waals surface area contributed by atoms with E-state index in [1.54, 1.807) is 0 Å². The van der Waals surface area contributed by atoms with E-state index in [0.717, 1.165) is 38.9 Å². The Labute approximate surface area is 82.9 Å². The van der Waals surface area contributed by atoms with Gasteiger partial charge < -0.3 is 10.0 Å². The standard InChI is InChI=1S/C10H15NO3/c12-8(7-9(13)14)10-1-4-11(5-2-10)6-3-10/h1-7H2,(H,13,14). The van der Waals surface area contributed by atoms with Crippen LogP contribution in [0, 0.1) is 5.41 Å². The highest BCUT2D eigenvalue weighted by Crippen LogP contribution is 2.41. The van der Waals surface area contributed by atoms with Gasteiger partial charge in [0, 0.05) is 5.41 Å². The molecule has 3 rings (SSSR count). The van der Waals surface area contributed by atoms with Crippen molar-refractivity contribution in [1.82, 2.24) is 4.90 Å². The van der Waals surface area contributed by atoms with Crippen LogP contribution in [-0.2, 0) is 9.59 Å². The maximum Gasteiger partial charge on any atom is 0.310 e. The average Bonchev–Trinajstić information content (AvgIpc) is 2.19. The first kappa shape index (κ1) is 9.65. The summed E-state index contributed by atoms with van der Waals surface area (Å²) in [5.74, 6) is -1.04. The summed E-state index contributed by atoms with van der Waals surface area (Å²) in [7, 11) is 0. The Morgan fingerprint density at radius 1 is 1.14 bits per heavy atom. The maximum absolute atomic E-state index is 11.8. The van der Waals surface area contributed by atoms with Crippen LogP contribution >= 0.6 is 0 Å². The number of ketones is 1. The van der Waals surface area contributed by atoms with Crippen molar-refractivity contribution in [3.63, 3.8) is 0 Å². The van der Waals surface area contributed by atoms with Gasteiger partial charge in [0.25, 0.3) is 0 Å². The van der Waals surface area contributed by atoms with Gasteiger partial charge in [0.05, 0.1) is 0 Å². The molecule has 2 bridgehead atoms. The lowest BCUT2D eigenvalue weighted by atomic mass is 9.68. The molecule has 0 radical (unpaired) electrons. The monoisotopic (exact) mass is 197 g/mol. The fraction of sp³-hybridized carbons (Fsp3) is 0.800. The first-order valence-electron chi connectivity index (χ1n) is 5.10. The summed E-state index contributed by atoms with van der Waals surface area (Å²) >= 11 is 0. The Morgan fingerprint density at radius 2 is 1.64 bits per heavy atom. The van der Waals surface area contributed by atoms with E-state index in [9.17, 15) is 9.59 Å². The number of nitrogens with zero attached hydrogens (tertiary/aromatic N) is 1. The van der Waals surface area contributed by atoms with E-state index in [4.69, 9.17) is 5.11 Å². The van der Waals surface area contributed by atoms with Gasteiger partial charge >= 0.3 is 5.97 Å². The molecule has 3 heterocycles. The average molecular weight is 197 g/mol. The van der Waals surface area contributed by atoms with E-state index in [1.165, 1.54) is 0 Å². The van der Waals surface area contributed by atoms with Crippen molar-refractivity contribution >= 4 is 11.8 Å². The number of aliphatic carboxylic acids is 1. The van der Waals surface area contributed by atoms with Gasteiger partial charge in [0.2, 0.25) is 0 Å². The largest absolute Gasteiger partial charge is 0.481 e.